The second-order valence-corrected chi connectivity index (χ2v) is 4.58. The fraction of sp³-hybridized carbons (Fsp3) is 0.176. The first-order valence-electron chi connectivity index (χ1n) is 6.73. The van der Waals surface area contributed by atoms with Crippen molar-refractivity contribution in [1.29, 1.82) is 0 Å². The maximum Gasteiger partial charge on any atom is 0.154 e. The molecule has 2 heterocycles. The fourth-order valence-electron chi connectivity index (χ4n) is 2.18. The summed E-state index contributed by atoms with van der Waals surface area (Å²) in [6, 6.07) is 14.2. The van der Waals surface area contributed by atoms with Crippen molar-refractivity contribution < 1.29 is 0 Å². The van der Waals surface area contributed by atoms with E-state index in [1.54, 1.807) is 16.9 Å². The number of imidazole rings is 1. The lowest BCUT2D eigenvalue weighted by Gasteiger charge is -2.06. The Balaban J connectivity index is 1.94. The molecule has 0 saturated heterocycles. The summed E-state index contributed by atoms with van der Waals surface area (Å²) in [6.45, 7) is 2.15. The van der Waals surface area contributed by atoms with E-state index in [0.717, 1.165) is 17.8 Å². The normalized spacial score (nSPS) is 11.8. The Hall–Kier alpha value is -2.60. The molecule has 0 N–H and O–H groups in total. The molecule has 3 aromatic rings. The minimum Gasteiger partial charge on any atom is -0.234 e. The van der Waals surface area contributed by atoms with Crippen molar-refractivity contribution in [2.75, 3.05) is 0 Å². The summed E-state index contributed by atoms with van der Waals surface area (Å²) >= 11 is 0. The van der Waals surface area contributed by atoms with Gasteiger partial charge in [0.25, 0.3) is 0 Å². The quantitative estimate of drug-likeness (QED) is 0.663. The van der Waals surface area contributed by atoms with Crippen LogP contribution in [0, 0.1) is 11.8 Å². The summed E-state index contributed by atoms with van der Waals surface area (Å²) in [5.74, 6) is 6.78. The third-order valence-electron chi connectivity index (χ3n) is 3.26. The van der Waals surface area contributed by atoms with E-state index in [-0.39, 0.29) is 5.92 Å². The van der Waals surface area contributed by atoms with Gasteiger partial charge in [0.1, 0.15) is 5.69 Å². The van der Waals surface area contributed by atoms with Crippen LogP contribution in [0.25, 0.3) is 5.65 Å². The molecule has 0 aliphatic heterocycles. The van der Waals surface area contributed by atoms with E-state index in [2.05, 4.69) is 53.1 Å². The van der Waals surface area contributed by atoms with Crippen LogP contribution in [0.1, 0.15) is 30.5 Å². The SMILES string of the molecule is CC[C@@H](C#Cc1cnc2cccnn12)c1ccccc1. The number of aromatic nitrogens is 3. The van der Waals surface area contributed by atoms with Crippen LogP contribution in [0.2, 0.25) is 0 Å². The molecule has 0 saturated carbocycles. The van der Waals surface area contributed by atoms with Crippen molar-refractivity contribution in [3.63, 3.8) is 0 Å². The molecule has 0 aliphatic rings. The minimum absolute atomic E-state index is 0.241. The highest BCUT2D eigenvalue weighted by Crippen LogP contribution is 2.18. The first-order valence-corrected chi connectivity index (χ1v) is 6.73. The van der Waals surface area contributed by atoms with Gasteiger partial charge in [-0.2, -0.15) is 5.10 Å². The zero-order valence-corrected chi connectivity index (χ0v) is 11.3. The van der Waals surface area contributed by atoms with E-state index >= 15 is 0 Å². The molecule has 0 aliphatic carbocycles. The number of hydrogen-bond acceptors (Lipinski definition) is 2. The van der Waals surface area contributed by atoms with Gasteiger partial charge < -0.3 is 0 Å². The van der Waals surface area contributed by atoms with Crippen LogP contribution < -0.4 is 0 Å². The van der Waals surface area contributed by atoms with E-state index in [4.69, 9.17) is 0 Å². The number of rotatable bonds is 2. The molecule has 2 aromatic heterocycles. The van der Waals surface area contributed by atoms with Crippen molar-refractivity contribution in [3.8, 4) is 11.8 Å². The highest BCUT2D eigenvalue weighted by molar-refractivity contribution is 5.43. The van der Waals surface area contributed by atoms with Crippen LogP contribution in [-0.4, -0.2) is 14.6 Å². The van der Waals surface area contributed by atoms with E-state index in [9.17, 15) is 0 Å². The highest BCUT2D eigenvalue weighted by Gasteiger charge is 2.05. The largest absolute Gasteiger partial charge is 0.234 e. The molecule has 98 valence electrons. The minimum atomic E-state index is 0.241. The van der Waals surface area contributed by atoms with Gasteiger partial charge in [-0.3, -0.25) is 0 Å². The van der Waals surface area contributed by atoms with E-state index < -0.39 is 0 Å². The van der Waals surface area contributed by atoms with E-state index in [1.165, 1.54) is 5.56 Å². The number of benzene rings is 1. The zero-order valence-electron chi connectivity index (χ0n) is 11.3. The van der Waals surface area contributed by atoms with Crippen LogP contribution >= 0.6 is 0 Å². The molecule has 0 bridgehead atoms. The van der Waals surface area contributed by atoms with Crippen LogP contribution in [0.15, 0.2) is 54.9 Å². The monoisotopic (exact) mass is 261 g/mol. The van der Waals surface area contributed by atoms with Gasteiger partial charge in [0.15, 0.2) is 5.65 Å². The van der Waals surface area contributed by atoms with Crippen LogP contribution in [0.4, 0.5) is 0 Å². The summed E-state index contributed by atoms with van der Waals surface area (Å²) in [7, 11) is 0. The van der Waals surface area contributed by atoms with Crippen LogP contribution in [-0.2, 0) is 0 Å². The highest BCUT2D eigenvalue weighted by atomic mass is 15.2. The molecular weight excluding hydrogens is 246 g/mol. The van der Waals surface area contributed by atoms with E-state index in [0.29, 0.717) is 0 Å². The number of nitrogens with zero attached hydrogens (tertiary/aromatic N) is 3. The standard InChI is InChI=1S/C17H15N3/c1-2-14(15-7-4-3-5-8-15)10-11-16-13-18-17-9-6-12-19-20(16)17/h3-9,12-14H,2H2,1H3/t14-/m0/s1. The van der Waals surface area contributed by atoms with Gasteiger partial charge in [0.2, 0.25) is 0 Å². The van der Waals surface area contributed by atoms with Gasteiger partial charge >= 0.3 is 0 Å². The van der Waals surface area contributed by atoms with Crippen molar-refractivity contribution >= 4 is 5.65 Å². The van der Waals surface area contributed by atoms with Gasteiger partial charge in [-0.15, -0.1) is 0 Å². The van der Waals surface area contributed by atoms with Gasteiger partial charge in [-0.05, 0) is 30.0 Å². The first-order chi connectivity index (χ1) is 9.88. The molecule has 0 spiro atoms. The van der Waals surface area contributed by atoms with Crippen LogP contribution in [0.3, 0.4) is 0 Å². The summed E-state index contributed by atoms with van der Waals surface area (Å²) in [5.41, 5.74) is 2.91. The predicted molar refractivity (Wildman–Crippen MR) is 79.3 cm³/mol. The zero-order chi connectivity index (χ0) is 13.8. The molecular formula is C17H15N3. The molecule has 3 rings (SSSR count). The maximum atomic E-state index is 4.29. The molecule has 0 radical (unpaired) electrons. The predicted octanol–water partition coefficient (Wildman–Crippen LogP) is 3.27. The Bertz CT molecular complexity index is 763. The lowest BCUT2D eigenvalue weighted by molar-refractivity contribution is 0.829. The van der Waals surface area contributed by atoms with Crippen molar-refractivity contribution in [1.82, 2.24) is 14.6 Å². The summed E-state index contributed by atoms with van der Waals surface area (Å²) in [6.07, 6.45) is 4.50. The second kappa shape index (κ2) is 5.58. The molecule has 0 fully saturated rings. The molecule has 3 heteroatoms. The molecule has 20 heavy (non-hydrogen) atoms. The Morgan fingerprint density at radius 2 is 2.00 bits per heavy atom. The molecule has 0 unspecified atom stereocenters. The summed E-state index contributed by atoms with van der Waals surface area (Å²) in [4.78, 5) is 4.29. The van der Waals surface area contributed by atoms with Crippen LogP contribution in [0.5, 0.6) is 0 Å². The van der Waals surface area contributed by atoms with Gasteiger partial charge in [0, 0.05) is 12.1 Å². The van der Waals surface area contributed by atoms with Gasteiger partial charge in [0.05, 0.1) is 6.20 Å². The number of hydrogen-bond donors (Lipinski definition) is 0. The average molecular weight is 261 g/mol. The van der Waals surface area contributed by atoms with E-state index in [1.807, 2.05) is 18.2 Å². The lowest BCUT2D eigenvalue weighted by Crippen LogP contribution is -1.95. The smallest absolute Gasteiger partial charge is 0.154 e. The van der Waals surface area contributed by atoms with Crippen molar-refractivity contribution in [3.05, 3.63) is 66.1 Å². The first kappa shape index (κ1) is 12.4. The fourth-order valence-corrected chi connectivity index (χ4v) is 2.18. The second-order valence-electron chi connectivity index (χ2n) is 4.58. The Morgan fingerprint density at radius 3 is 2.80 bits per heavy atom. The maximum absolute atomic E-state index is 4.29. The Labute approximate surface area is 118 Å². The lowest BCUT2D eigenvalue weighted by atomic mass is 9.97. The molecule has 3 nitrogen and oxygen atoms in total. The topological polar surface area (TPSA) is 30.2 Å². The Kier molecular flexibility index (Phi) is 3.47. The molecule has 1 atom stereocenters. The summed E-state index contributed by atoms with van der Waals surface area (Å²) in [5, 5.41) is 4.27. The molecule has 0 amide bonds. The third-order valence-corrected chi connectivity index (χ3v) is 3.26. The van der Waals surface area contributed by atoms with Crippen molar-refractivity contribution in [2.45, 2.75) is 19.3 Å². The van der Waals surface area contributed by atoms with Crippen molar-refractivity contribution in [2.24, 2.45) is 0 Å². The average Bonchev–Trinajstić information content (AvgIpc) is 2.92. The Morgan fingerprint density at radius 1 is 1.15 bits per heavy atom. The summed E-state index contributed by atoms with van der Waals surface area (Å²) < 4.78 is 1.77. The number of fused-ring (bicyclic) bond motifs is 1. The van der Waals surface area contributed by atoms with Gasteiger partial charge in [-0.25, -0.2) is 9.50 Å². The third kappa shape index (κ3) is 2.41. The molecule has 1 aromatic carbocycles. The van der Waals surface area contributed by atoms with Gasteiger partial charge in [-0.1, -0.05) is 43.2 Å².